The molecule has 0 saturated carbocycles. The van der Waals surface area contributed by atoms with E-state index in [-0.39, 0.29) is 27.1 Å². The van der Waals surface area contributed by atoms with Crippen LogP contribution < -0.4 is 30.4 Å². The second-order valence-electron chi connectivity index (χ2n) is 6.06. The Balaban J connectivity index is 1.82. The van der Waals surface area contributed by atoms with E-state index in [0.717, 1.165) is 0 Å². The van der Waals surface area contributed by atoms with Crippen LogP contribution in [0.4, 0.5) is 5.69 Å². The summed E-state index contributed by atoms with van der Waals surface area (Å²) in [6, 6.07) is 7.61. The minimum absolute atomic E-state index is 0.151. The number of halogens is 2. The van der Waals surface area contributed by atoms with E-state index in [4.69, 9.17) is 42.1 Å². The van der Waals surface area contributed by atoms with Gasteiger partial charge in [0.2, 0.25) is 11.7 Å². The molecule has 0 spiro atoms. The molecule has 0 heterocycles. The summed E-state index contributed by atoms with van der Waals surface area (Å²) >= 11 is 11.9. The molecule has 0 saturated heterocycles. The maximum absolute atomic E-state index is 12.3. The van der Waals surface area contributed by atoms with Crippen molar-refractivity contribution in [1.82, 2.24) is 10.9 Å². The summed E-state index contributed by atoms with van der Waals surface area (Å²) in [6.45, 7) is -0.899. The Bertz CT molecular complexity index is 976. The molecule has 10 nitrogen and oxygen atoms in total. The molecule has 2 aromatic rings. The Hall–Kier alpha value is -3.21. The van der Waals surface area contributed by atoms with Gasteiger partial charge in [0.05, 0.1) is 37.1 Å². The fraction of sp³-hybridized carbons (Fsp3) is 0.250. The highest BCUT2D eigenvalue weighted by atomic mass is 35.5. The van der Waals surface area contributed by atoms with Crippen molar-refractivity contribution in [3.8, 4) is 17.2 Å². The number of benzene rings is 2. The average Bonchev–Trinajstić information content (AvgIpc) is 2.79. The zero-order chi connectivity index (χ0) is 23.7. The summed E-state index contributed by atoms with van der Waals surface area (Å²) < 4.78 is 20.6. The van der Waals surface area contributed by atoms with Crippen LogP contribution in [0.1, 0.15) is 10.4 Å². The van der Waals surface area contributed by atoms with Crippen molar-refractivity contribution in [2.75, 3.05) is 39.9 Å². The van der Waals surface area contributed by atoms with Gasteiger partial charge in [-0.15, -0.1) is 0 Å². The van der Waals surface area contributed by atoms with Gasteiger partial charge in [-0.2, -0.15) is 0 Å². The zero-order valence-electron chi connectivity index (χ0n) is 17.4. The molecule has 0 bridgehead atoms. The number of hydrogen-bond donors (Lipinski definition) is 3. The Morgan fingerprint density at radius 2 is 1.50 bits per heavy atom. The summed E-state index contributed by atoms with van der Waals surface area (Å²) in [4.78, 5) is 36.1. The normalized spacial score (nSPS) is 10.2. The van der Waals surface area contributed by atoms with Crippen LogP contribution in [-0.2, 0) is 14.3 Å². The number of carbonyl (C=O) groups excluding carboxylic acids is 3. The monoisotopic (exact) mass is 485 g/mol. The van der Waals surface area contributed by atoms with E-state index in [2.05, 4.69) is 16.2 Å². The van der Waals surface area contributed by atoms with E-state index in [1.807, 2.05) is 0 Å². The molecule has 0 aliphatic rings. The third-order valence-corrected chi connectivity index (χ3v) is 4.75. The van der Waals surface area contributed by atoms with E-state index in [0.29, 0.717) is 11.4 Å². The Morgan fingerprint density at radius 3 is 2.09 bits per heavy atom. The van der Waals surface area contributed by atoms with Gasteiger partial charge in [-0.3, -0.25) is 25.2 Å². The summed E-state index contributed by atoms with van der Waals surface area (Å²) in [5.41, 5.74) is 4.87. The lowest BCUT2D eigenvalue weighted by atomic mass is 10.1. The summed E-state index contributed by atoms with van der Waals surface area (Å²) in [7, 11) is 4.26. The van der Waals surface area contributed by atoms with Gasteiger partial charge >= 0.3 is 0 Å². The molecule has 2 aromatic carbocycles. The number of hydrazine groups is 1. The second-order valence-corrected chi connectivity index (χ2v) is 6.84. The highest BCUT2D eigenvalue weighted by Gasteiger charge is 2.17. The smallest absolute Gasteiger partial charge is 0.269 e. The van der Waals surface area contributed by atoms with Gasteiger partial charge in [-0.25, -0.2) is 0 Å². The average molecular weight is 486 g/mol. The molecule has 0 aliphatic carbocycles. The molecule has 172 valence electrons. The first-order chi connectivity index (χ1) is 15.3. The summed E-state index contributed by atoms with van der Waals surface area (Å²) in [6.07, 6.45) is 0. The predicted molar refractivity (Wildman–Crippen MR) is 118 cm³/mol. The van der Waals surface area contributed by atoms with Crippen LogP contribution in [-0.4, -0.2) is 52.3 Å². The van der Waals surface area contributed by atoms with Crippen LogP contribution in [0, 0.1) is 0 Å². The molecule has 0 aliphatic heterocycles. The minimum Gasteiger partial charge on any atom is -0.493 e. The molecule has 12 heteroatoms. The zero-order valence-corrected chi connectivity index (χ0v) is 18.9. The number of carbonyl (C=O) groups is 3. The van der Waals surface area contributed by atoms with Gasteiger partial charge < -0.3 is 24.3 Å². The fourth-order valence-corrected chi connectivity index (χ4v) is 2.82. The fourth-order valence-electron chi connectivity index (χ4n) is 2.47. The molecule has 2 rings (SSSR count). The number of hydrogen-bond acceptors (Lipinski definition) is 7. The highest BCUT2D eigenvalue weighted by Crippen LogP contribution is 2.38. The molecule has 3 amide bonds. The van der Waals surface area contributed by atoms with Crippen LogP contribution in [0.3, 0.4) is 0 Å². The first-order valence-electron chi connectivity index (χ1n) is 9.01. The molecule has 0 fully saturated rings. The van der Waals surface area contributed by atoms with E-state index < -0.39 is 30.9 Å². The van der Waals surface area contributed by atoms with Crippen molar-refractivity contribution in [1.29, 1.82) is 0 Å². The van der Waals surface area contributed by atoms with Crippen LogP contribution in [0.15, 0.2) is 30.3 Å². The SMILES string of the molecule is COc1cc(C(=O)NNC(=O)COCC(=O)Nc2cccc(Cl)c2Cl)cc(OC)c1OC. The van der Waals surface area contributed by atoms with Gasteiger partial charge in [0.1, 0.15) is 13.2 Å². The van der Waals surface area contributed by atoms with Crippen molar-refractivity contribution in [2.24, 2.45) is 0 Å². The molecular weight excluding hydrogens is 465 g/mol. The second kappa shape index (κ2) is 12.0. The maximum atomic E-state index is 12.3. The lowest BCUT2D eigenvalue weighted by Crippen LogP contribution is -2.43. The molecule has 0 unspecified atom stereocenters. The summed E-state index contributed by atoms with van der Waals surface area (Å²) in [5, 5.41) is 2.99. The maximum Gasteiger partial charge on any atom is 0.269 e. The van der Waals surface area contributed by atoms with Crippen LogP contribution in [0.5, 0.6) is 17.2 Å². The molecule has 3 N–H and O–H groups in total. The van der Waals surface area contributed by atoms with Crippen molar-refractivity contribution >= 4 is 46.6 Å². The van der Waals surface area contributed by atoms with Crippen molar-refractivity contribution in [3.05, 3.63) is 45.9 Å². The van der Waals surface area contributed by atoms with Crippen molar-refractivity contribution in [3.63, 3.8) is 0 Å². The van der Waals surface area contributed by atoms with E-state index in [9.17, 15) is 14.4 Å². The van der Waals surface area contributed by atoms with Crippen LogP contribution in [0.25, 0.3) is 0 Å². The van der Waals surface area contributed by atoms with E-state index >= 15 is 0 Å². The van der Waals surface area contributed by atoms with Crippen LogP contribution in [0.2, 0.25) is 10.0 Å². The molecule has 0 aromatic heterocycles. The standard InChI is InChI=1S/C20H21Cl2N3O7/c1-29-14-7-11(8-15(30-2)19(14)31-3)20(28)25-24-17(27)10-32-9-16(26)23-13-6-4-5-12(21)18(13)22/h4-8H,9-10H2,1-3H3,(H,23,26)(H,24,27)(H,25,28). The Labute approximate surface area is 194 Å². The minimum atomic E-state index is -0.681. The predicted octanol–water partition coefficient (Wildman–Crippen LogP) is 2.44. The number of nitrogens with one attached hydrogen (secondary N) is 3. The summed E-state index contributed by atoms with van der Waals surface area (Å²) in [5.74, 6) is -0.981. The first kappa shape index (κ1) is 25.1. The third-order valence-electron chi connectivity index (χ3n) is 3.93. The van der Waals surface area contributed by atoms with Gasteiger partial charge in [-0.05, 0) is 24.3 Å². The topological polar surface area (TPSA) is 124 Å². The van der Waals surface area contributed by atoms with Gasteiger partial charge in [0, 0.05) is 5.56 Å². The lowest BCUT2D eigenvalue weighted by molar-refractivity contribution is -0.129. The van der Waals surface area contributed by atoms with Crippen molar-refractivity contribution < 1.29 is 33.3 Å². The molecule has 0 atom stereocenters. The van der Waals surface area contributed by atoms with Gasteiger partial charge in [-0.1, -0.05) is 29.3 Å². The quantitative estimate of drug-likeness (QED) is 0.465. The number of anilines is 1. The van der Waals surface area contributed by atoms with E-state index in [1.165, 1.54) is 33.5 Å². The van der Waals surface area contributed by atoms with Crippen LogP contribution >= 0.6 is 23.2 Å². The van der Waals surface area contributed by atoms with Crippen molar-refractivity contribution in [2.45, 2.75) is 0 Å². The Morgan fingerprint density at radius 1 is 0.875 bits per heavy atom. The van der Waals surface area contributed by atoms with E-state index in [1.54, 1.807) is 18.2 Å². The third kappa shape index (κ3) is 6.64. The molecular formula is C20H21Cl2N3O7. The molecule has 0 radical (unpaired) electrons. The highest BCUT2D eigenvalue weighted by molar-refractivity contribution is 6.44. The number of amides is 3. The largest absolute Gasteiger partial charge is 0.493 e. The first-order valence-corrected chi connectivity index (χ1v) is 9.77. The van der Waals surface area contributed by atoms with Gasteiger partial charge in [0.25, 0.3) is 11.8 Å². The molecule has 32 heavy (non-hydrogen) atoms. The number of rotatable bonds is 9. The number of methoxy groups -OCH3 is 3. The Kier molecular flexibility index (Phi) is 9.39. The number of ether oxygens (including phenoxy) is 4. The lowest BCUT2D eigenvalue weighted by Gasteiger charge is -2.14. The van der Waals surface area contributed by atoms with Gasteiger partial charge in [0.15, 0.2) is 11.5 Å².